The first kappa shape index (κ1) is 18.1. The Hall–Kier alpha value is -2.73. The van der Waals surface area contributed by atoms with Crippen molar-refractivity contribution in [3.05, 3.63) is 53.9 Å². The molecule has 1 aliphatic heterocycles. The molecule has 0 unspecified atom stereocenters. The van der Waals surface area contributed by atoms with Crippen molar-refractivity contribution in [3.8, 4) is 0 Å². The van der Waals surface area contributed by atoms with Gasteiger partial charge < -0.3 is 15.1 Å². The summed E-state index contributed by atoms with van der Waals surface area (Å²) in [6.07, 6.45) is 3.28. The number of pyridine rings is 1. The van der Waals surface area contributed by atoms with Crippen LogP contribution in [0.3, 0.4) is 0 Å². The number of anilines is 2. The molecule has 1 aromatic carbocycles. The summed E-state index contributed by atoms with van der Waals surface area (Å²) < 4.78 is 0. The van der Waals surface area contributed by atoms with Crippen molar-refractivity contribution in [1.82, 2.24) is 14.8 Å². The van der Waals surface area contributed by atoms with Crippen LogP contribution in [-0.2, 0) is 0 Å². The first-order chi connectivity index (χ1) is 12.6. The van der Waals surface area contributed by atoms with Crippen molar-refractivity contribution in [2.45, 2.75) is 13.8 Å². The molecule has 0 atom stereocenters. The Bertz CT molecular complexity index is 798. The Kier molecular flexibility index (Phi) is 5.63. The van der Waals surface area contributed by atoms with E-state index in [0.717, 1.165) is 44.1 Å². The van der Waals surface area contributed by atoms with Gasteiger partial charge in [-0.3, -0.25) is 14.6 Å². The summed E-state index contributed by atoms with van der Waals surface area (Å²) in [6.45, 7) is 7.99. The topological polar surface area (TPSA) is 65.5 Å². The molecule has 1 aromatic heterocycles. The average molecular weight is 352 g/mol. The van der Waals surface area contributed by atoms with Crippen LogP contribution in [0.5, 0.6) is 0 Å². The highest BCUT2D eigenvalue weighted by Crippen LogP contribution is 2.19. The monoisotopic (exact) mass is 352 g/mol. The van der Waals surface area contributed by atoms with Crippen molar-refractivity contribution in [2.75, 3.05) is 38.0 Å². The van der Waals surface area contributed by atoms with Crippen LogP contribution in [0.25, 0.3) is 0 Å². The summed E-state index contributed by atoms with van der Waals surface area (Å²) in [5.41, 5.74) is 2.73. The predicted molar refractivity (Wildman–Crippen MR) is 102 cm³/mol. The number of ketones is 1. The van der Waals surface area contributed by atoms with Crippen LogP contribution < -0.4 is 5.32 Å². The van der Waals surface area contributed by atoms with Gasteiger partial charge in [-0.05, 0) is 31.7 Å². The predicted octanol–water partition coefficient (Wildman–Crippen LogP) is 2.81. The maximum atomic E-state index is 12.7. The molecule has 0 aliphatic carbocycles. The summed E-state index contributed by atoms with van der Waals surface area (Å²) in [5, 5.41) is 3.22. The fourth-order valence-electron chi connectivity index (χ4n) is 3.06. The number of hydrogen-bond acceptors (Lipinski definition) is 5. The minimum atomic E-state index is 0.00869. The van der Waals surface area contributed by atoms with Gasteiger partial charge in [0.25, 0.3) is 5.91 Å². The van der Waals surface area contributed by atoms with Gasteiger partial charge in [-0.2, -0.15) is 0 Å². The van der Waals surface area contributed by atoms with Crippen LogP contribution in [0.2, 0.25) is 0 Å². The Morgan fingerprint density at radius 1 is 1.04 bits per heavy atom. The highest BCUT2D eigenvalue weighted by Gasteiger charge is 2.21. The van der Waals surface area contributed by atoms with Crippen LogP contribution in [0, 0.1) is 0 Å². The second kappa shape index (κ2) is 8.10. The number of rotatable bonds is 5. The lowest BCUT2D eigenvalue weighted by Crippen LogP contribution is -2.48. The van der Waals surface area contributed by atoms with Crippen molar-refractivity contribution in [2.24, 2.45) is 0 Å². The molecule has 2 aromatic rings. The van der Waals surface area contributed by atoms with Crippen molar-refractivity contribution in [1.29, 1.82) is 0 Å². The minimum Gasteiger partial charge on any atom is -0.354 e. The number of benzene rings is 1. The summed E-state index contributed by atoms with van der Waals surface area (Å²) in [5.74, 6) is 0.0244. The molecule has 1 saturated heterocycles. The number of carbonyl (C=O) groups excluding carboxylic acids is 2. The quantitative estimate of drug-likeness (QED) is 0.838. The van der Waals surface area contributed by atoms with E-state index >= 15 is 0 Å². The normalized spacial score (nSPS) is 14.9. The van der Waals surface area contributed by atoms with Crippen molar-refractivity contribution in [3.63, 3.8) is 0 Å². The molecule has 136 valence electrons. The van der Waals surface area contributed by atoms with Gasteiger partial charge in [0, 0.05) is 43.6 Å². The fourth-order valence-corrected chi connectivity index (χ4v) is 3.06. The maximum Gasteiger partial charge on any atom is 0.255 e. The molecule has 0 radical (unpaired) electrons. The smallest absolute Gasteiger partial charge is 0.255 e. The highest BCUT2D eigenvalue weighted by molar-refractivity contribution is 5.96. The van der Waals surface area contributed by atoms with E-state index in [1.165, 1.54) is 6.92 Å². The Balaban J connectivity index is 1.71. The second-order valence-corrected chi connectivity index (χ2v) is 6.45. The second-order valence-electron chi connectivity index (χ2n) is 6.45. The summed E-state index contributed by atoms with van der Waals surface area (Å²) in [6, 6.07) is 9.09. The number of nitrogens with zero attached hydrogens (tertiary/aromatic N) is 3. The molecule has 0 spiro atoms. The molecular weight excluding hydrogens is 328 g/mol. The lowest BCUT2D eigenvalue weighted by molar-refractivity contribution is 0.0643. The third-order valence-electron chi connectivity index (χ3n) is 4.65. The lowest BCUT2D eigenvalue weighted by Gasteiger charge is -2.34. The molecule has 1 amide bonds. The van der Waals surface area contributed by atoms with Gasteiger partial charge in [-0.25, -0.2) is 0 Å². The maximum absolute atomic E-state index is 12.7. The van der Waals surface area contributed by atoms with E-state index in [-0.39, 0.29) is 11.7 Å². The van der Waals surface area contributed by atoms with E-state index in [4.69, 9.17) is 0 Å². The van der Waals surface area contributed by atoms with E-state index in [1.54, 1.807) is 24.5 Å². The Morgan fingerprint density at radius 2 is 1.77 bits per heavy atom. The molecule has 6 nitrogen and oxygen atoms in total. The third-order valence-corrected chi connectivity index (χ3v) is 4.65. The standard InChI is InChI=1S/C20H24N4O2/c1-3-23-7-9-24(10-8-23)20(26)17-12-19(14-21-13-17)22-18-6-4-5-16(11-18)15(2)25/h4-6,11-14,22H,3,7-10H2,1-2H3. The summed E-state index contributed by atoms with van der Waals surface area (Å²) in [7, 11) is 0. The summed E-state index contributed by atoms with van der Waals surface area (Å²) in [4.78, 5) is 32.7. The third kappa shape index (κ3) is 4.26. The van der Waals surface area contributed by atoms with Crippen LogP contribution in [-0.4, -0.2) is 59.2 Å². The SMILES string of the molecule is CCN1CCN(C(=O)c2cncc(Nc3cccc(C(C)=O)c3)c2)CC1. The van der Waals surface area contributed by atoms with E-state index in [1.807, 2.05) is 23.1 Å². The fraction of sp³-hybridized carbons (Fsp3) is 0.350. The number of carbonyl (C=O) groups is 2. The first-order valence-electron chi connectivity index (χ1n) is 8.91. The molecule has 3 rings (SSSR count). The highest BCUT2D eigenvalue weighted by atomic mass is 16.2. The van der Waals surface area contributed by atoms with Crippen LogP contribution in [0.4, 0.5) is 11.4 Å². The van der Waals surface area contributed by atoms with Crippen LogP contribution in [0.1, 0.15) is 34.6 Å². The van der Waals surface area contributed by atoms with Gasteiger partial charge >= 0.3 is 0 Å². The number of Topliss-reactive ketones (excluding diaryl/α,β-unsaturated/α-hetero) is 1. The van der Waals surface area contributed by atoms with Crippen molar-refractivity contribution >= 4 is 23.1 Å². The van der Waals surface area contributed by atoms with Crippen LogP contribution >= 0.6 is 0 Å². The number of likely N-dealkylation sites (N-methyl/N-ethyl adjacent to an activating group) is 1. The molecule has 26 heavy (non-hydrogen) atoms. The Morgan fingerprint density at radius 3 is 2.46 bits per heavy atom. The van der Waals surface area contributed by atoms with Gasteiger partial charge in [-0.1, -0.05) is 19.1 Å². The van der Waals surface area contributed by atoms with E-state index in [9.17, 15) is 9.59 Å². The number of piperazine rings is 1. The molecule has 6 heteroatoms. The van der Waals surface area contributed by atoms with Gasteiger partial charge in [0.05, 0.1) is 17.4 Å². The molecular formula is C20H24N4O2. The van der Waals surface area contributed by atoms with E-state index in [0.29, 0.717) is 11.1 Å². The average Bonchev–Trinajstić information content (AvgIpc) is 2.68. The molecule has 0 saturated carbocycles. The minimum absolute atomic E-state index is 0.00869. The lowest BCUT2D eigenvalue weighted by atomic mass is 10.1. The number of nitrogens with one attached hydrogen (secondary N) is 1. The Labute approximate surface area is 153 Å². The van der Waals surface area contributed by atoms with Gasteiger partial charge in [0.2, 0.25) is 0 Å². The summed E-state index contributed by atoms with van der Waals surface area (Å²) >= 11 is 0. The number of amides is 1. The number of hydrogen-bond donors (Lipinski definition) is 1. The van der Waals surface area contributed by atoms with Gasteiger partial charge in [0.15, 0.2) is 5.78 Å². The molecule has 1 N–H and O–H groups in total. The zero-order chi connectivity index (χ0) is 18.5. The zero-order valence-corrected chi connectivity index (χ0v) is 15.2. The van der Waals surface area contributed by atoms with Crippen LogP contribution in [0.15, 0.2) is 42.7 Å². The van der Waals surface area contributed by atoms with E-state index in [2.05, 4.69) is 22.1 Å². The first-order valence-corrected chi connectivity index (χ1v) is 8.91. The van der Waals surface area contributed by atoms with Gasteiger partial charge in [0.1, 0.15) is 0 Å². The molecule has 0 bridgehead atoms. The van der Waals surface area contributed by atoms with Crippen molar-refractivity contribution < 1.29 is 9.59 Å². The molecule has 1 aliphatic rings. The molecule has 2 heterocycles. The molecule has 1 fully saturated rings. The largest absolute Gasteiger partial charge is 0.354 e. The number of aromatic nitrogens is 1. The zero-order valence-electron chi connectivity index (χ0n) is 15.2. The van der Waals surface area contributed by atoms with E-state index < -0.39 is 0 Å². The van der Waals surface area contributed by atoms with Gasteiger partial charge in [-0.15, -0.1) is 0 Å².